The van der Waals surface area contributed by atoms with Crippen molar-refractivity contribution in [3.8, 4) is 11.3 Å². The molecule has 124 valence electrons. The number of aromatic amines is 1. The van der Waals surface area contributed by atoms with Crippen molar-refractivity contribution in [3.63, 3.8) is 0 Å². The van der Waals surface area contributed by atoms with Crippen molar-refractivity contribution in [3.05, 3.63) is 36.5 Å². The van der Waals surface area contributed by atoms with Crippen molar-refractivity contribution in [2.75, 3.05) is 11.9 Å². The fourth-order valence-electron chi connectivity index (χ4n) is 2.05. The minimum atomic E-state index is -0.483. The van der Waals surface area contributed by atoms with Crippen LogP contribution >= 0.6 is 0 Å². The van der Waals surface area contributed by atoms with Crippen LogP contribution in [0.4, 0.5) is 10.5 Å². The molecule has 0 radical (unpaired) electrons. The molecule has 1 amide bonds. The highest BCUT2D eigenvalue weighted by atomic mass is 16.6. The standard InChI is InChI=1S/C17H24N4O2/c1-12(11-18-16(22)23-17(2,3)4)20-14-7-5-13(6-8-14)15-9-10-19-21-15/h5-10,12,20H,11H2,1-4H3,(H,18,22)(H,19,21). The Morgan fingerprint density at radius 3 is 2.52 bits per heavy atom. The van der Waals surface area contributed by atoms with Gasteiger partial charge in [0.1, 0.15) is 5.60 Å². The lowest BCUT2D eigenvalue weighted by Gasteiger charge is -2.21. The van der Waals surface area contributed by atoms with Gasteiger partial charge in [-0.05, 0) is 51.5 Å². The van der Waals surface area contributed by atoms with Gasteiger partial charge in [-0.15, -0.1) is 0 Å². The number of anilines is 1. The molecule has 2 rings (SSSR count). The van der Waals surface area contributed by atoms with Crippen molar-refractivity contribution in [2.45, 2.75) is 39.3 Å². The van der Waals surface area contributed by atoms with E-state index in [-0.39, 0.29) is 6.04 Å². The Labute approximate surface area is 136 Å². The van der Waals surface area contributed by atoms with Gasteiger partial charge in [-0.2, -0.15) is 5.10 Å². The van der Waals surface area contributed by atoms with Gasteiger partial charge >= 0.3 is 6.09 Å². The molecule has 1 heterocycles. The van der Waals surface area contributed by atoms with E-state index < -0.39 is 11.7 Å². The number of amides is 1. The summed E-state index contributed by atoms with van der Waals surface area (Å²) in [5.74, 6) is 0. The van der Waals surface area contributed by atoms with E-state index in [0.717, 1.165) is 16.9 Å². The lowest BCUT2D eigenvalue weighted by Crippen LogP contribution is -2.38. The number of benzene rings is 1. The lowest BCUT2D eigenvalue weighted by atomic mass is 10.1. The fraction of sp³-hybridized carbons (Fsp3) is 0.412. The third-order valence-electron chi connectivity index (χ3n) is 3.06. The summed E-state index contributed by atoms with van der Waals surface area (Å²) in [6, 6.07) is 10.0. The molecular formula is C17H24N4O2. The van der Waals surface area contributed by atoms with E-state index in [9.17, 15) is 4.79 Å². The molecule has 0 aliphatic rings. The Bertz CT molecular complexity index is 615. The van der Waals surface area contributed by atoms with Crippen LogP contribution < -0.4 is 10.6 Å². The first-order valence-electron chi connectivity index (χ1n) is 7.67. The molecule has 0 saturated carbocycles. The summed E-state index contributed by atoms with van der Waals surface area (Å²) < 4.78 is 5.21. The largest absolute Gasteiger partial charge is 0.444 e. The minimum Gasteiger partial charge on any atom is -0.444 e. The fourth-order valence-corrected chi connectivity index (χ4v) is 2.05. The van der Waals surface area contributed by atoms with E-state index in [1.807, 2.05) is 58.0 Å². The normalized spacial score (nSPS) is 12.5. The van der Waals surface area contributed by atoms with Crippen LogP contribution in [-0.2, 0) is 4.74 Å². The number of hydrogen-bond acceptors (Lipinski definition) is 4. The van der Waals surface area contributed by atoms with Crippen LogP contribution in [0.25, 0.3) is 11.3 Å². The summed E-state index contributed by atoms with van der Waals surface area (Å²) in [6.45, 7) is 8.01. The van der Waals surface area contributed by atoms with Crippen LogP contribution in [0.5, 0.6) is 0 Å². The summed E-state index contributed by atoms with van der Waals surface area (Å²) in [4.78, 5) is 11.6. The summed E-state index contributed by atoms with van der Waals surface area (Å²) in [5.41, 5.74) is 2.57. The lowest BCUT2D eigenvalue weighted by molar-refractivity contribution is 0.0526. The molecule has 3 N–H and O–H groups in total. The molecule has 1 atom stereocenters. The molecule has 0 saturated heterocycles. The van der Waals surface area contributed by atoms with Gasteiger partial charge in [-0.25, -0.2) is 4.79 Å². The van der Waals surface area contributed by atoms with Crippen LogP contribution in [0.1, 0.15) is 27.7 Å². The maximum Gasteiger partial charge on any atom is 0.407 e. The molecule has 1 aromatic heterocycles. The van der Waals surface area contributed by atoms with E-state index in [1.165, 1.54) is 0 Å². The second-order valence-electron chi connectivity index (χ2n) is 6.48. The van der Waals surface area contributed by atoms with Crippen LogP contribution in [0.15, 0.2) is 36.5 Å². The smallest absolute Gasteiger partial charge is 0.407 e. The zero-order valence-electron chi connectivity index (χ0n) is 14.0. The zero-order chi connectivity index (χ0) is 16.9. The van der Waals surface area contributed by atoms with E-state index in [0.29, 0.717) is 6.54 Å². The van der Waals surface area contributed by atoms with Gasteiger partial charge in [0.15, 0.2) is 0 Å². The molecule has 0 fully saturated rings. The number of carbonyl (C=O) groups excluding carboxylic acids is 1. The number of nitrogens with zero attached hydrogens (tertiary/aromatic N) is 1. The first kappa shape index (κ1) is 16.9. The second-order valence-corrected chi connectivity index (χ2v) is 6.48. The topological polar surface area (TPSA) is 79.0 Å². The maximum atomic E-state index is 11.6. The van der Waals surface area contributed by atoms with Crippen molar-refractivity contribution in [1.82, 2.24) is 15.5 Å². The summed E-state index contributed by atoms with van der Waals surface area (Å²) in [6.07, 6.45) is 1.33. The van der Waals surface area contributed by atoms with Crippen LogP contribution in [0, 0.1) is 0 Å². The van der Waals surface area contributed by atoms with E-state index in [4.69, 9.17) is 4.74 Å². The highest BCUT2D eigenvalue weighted by molar-refractivity contribution is 5.67. The van der Waals surface area contributed by atoms with Gasteiger partial charge in [-0.3, -0.25) is 5.10 Å². The van der Waals surface area contributed by atoms with Gasteiger partial charge < -0.3 is 15.4 Å². The Hall–Kier alpha value is -2.50. The minimum absolute atomic E-state index is 0.0838. The van der Waals surface area contributed by atoms with Crippen molar-refractivity contribution in [2.24, 2.45) is 0 Å². The van der Waals surface area contributed by atoms with Crippen molar-refractivity contribution < 1.29 is 9.53 Å². The van der Waals surface area contributed by atoms with Gasteiger partial charge in [0.05, 0.1) is 5.69 Å². The first-order chi connectivity index (χ1) is 10.8. The van der Waals surface area contributed by atoms with E-state index in [1.54, 1.807) is 6.20 Å². The zero-order valence-corrected chi connectivity index (χ0v) is 14.0. The Kier molecular flexibility index (Phi) is 5.26. The highest BCUT2D eigenvalue weighted by Crippen LogP contribution is 2.19. The number of H-pyrrole nitrogens is 1. The van der Waals surface area contributed by atoms with Gasteiger partial charge in [0, 0.05) is 24.5 Å². The monoisotopic (exact) mass is 316 g/mol. The number of hydrogen-bond donors (Lipinski definition) is 3. The summed E-state index contributed by atoms with van der Waals surface area (Å²) in [7, 11) is 0. The Balaban J connectivity index is 1.81. The molecule has 1 unspecified atom stereocenters. The molecule has 6 nitrogen and oxygen atoms in total. The number of alkyl carbamates (subject to hydrolysis) is 1. The molecular weight excluding hydrogens is 292 g/mol. The molecule has 0 bridgehead atoms. The van der Waals surface area contributed by atoms with Crippen LogP contribution in [0.2, 0.25) is 0 Å². The second kappa shape index (κ2) is 7.17. The number of nitrogens with one attached hydrogen (secondary N) is 3. The molecule has 1 aromatic carbocycles. The van der Waals surface area contributed by atoms with Crippen LogP contribution in [-0.4, -0.2) is 34.5 Å². The van der Waals surface area contributed by atoms with E-state index >= 15 is 0 Å². The van der Waals surface area contributed by atoms with Gasteiger partial charge in [0.25, 0.3) is 0 Å². The molecule has 0 spiro atoms. The molecule has 0 aliphatic heterocycles. The van der Waals surface area contributed by atoms with Gasteiger partial charge in [-0.1, -0.05) is 12.1 Å². The average Bonchev–Trinajstić information content (AvgIpc) is 2.98. The first-order valence-corrected chi connectivity index (χ1v) is 7.67. The van der Waals surface area contributed by atoms with Crippen molar-refractivity contribution >= 4 is 11.8 Å². The predicted molar refractivity (Wildman–Crippen MR) is 91.3 cm³/mol. The Morgan fingerprint density at radius 2 is 1.96 bits per heavy atom. The highest BCUT2D eigenvalue weighted by Gasteiger charge is 2.16. The quantitative estimate of drug-likeness (QED) is 0.790. The molecule has 0 aliphatic carbocycles. The van der Waals surface area contributed by atoms with Gasteiger partial charge in [0.2, 0.25) is 0 Å². The predicted octanol–water partition coefficient (Wildman–Crippen LogP) is 3.40. The number of rotatable bonds is 5. The number of aromatic nitrogens is 2. The molecule has 23 heavy (non-hydrogen) atoms. The number of ether oxygens (including phenoxy) is 1. The Morgan fingerprint density at radius 1 is 1.26 bits per heavy atom. The summed E-state index contributed by atoms with van der Waals surface area (Å²) in [5, 5.41) is 13.0. The van der Waals surface area contributed by atoms with E-state index in [2.05, 4.69) is 20.8 Å². The SMILES string of the molecule is CC(CNC(=O)OC(C)(C)C)Nc1ccc(-c2ccn[nH]2)cc1. The molecule has 2 aromatic rings. The van der Waals surface area contributed by atoms with Crippen molar-refractivity contribution in [1.29, 1.82) is 0 Å². The average molecular weight is 316 g/mol. The maximum absolute atomic E-state index is 11.6. The van der Waals surface area contributed by atoms with Crippen LogP contribution in [0.3, 0.4) is 0 Å². The molecule has 6 heteroatoms. The third-order valence-corrected chi connectivity index (χ3v) is 3.06. The third kappa shape index (κ3) is 5.65. The summed E-state index contributed by atoms with van der Waals surface area (Å²) >= 11 is 0. The number of carbonyl (C=O) groups is 1.